The van der Waals surface area contributed by atoms with Gasteiger partial charge in [0.1, 0.15) is 9.84 Å². The normalized spacial score (nSPS) is 13.4. The number of benzene rings is 1. The summed E-state index contributed by atoms with van der Waals surface area (Å²) < 4.78 is 23.9. The van der Waals surface area contributed by atoms with Crippen molar-refractivity contribution in [2.24, 2.45) is 5.92 Å². The van der Waals surface area contributed by atoms with Gasteiger partial charge in [-0.25, -0.2) is 8.42 Å². The summed E-state index contributed by atoms with van der Waals surface area (Å²) in [6.45, 7) is 1.76. The SMILES string of the molecule is CCS(=O)(=O)CCCC(CO)Cc1ccccc1Br. The van der Waals surface area contributed by atoms with Crippen LogP contribution in [0.25, 0.3) is 0 Å². The fourth-order valence-corrected chi connectivity index (χ4v) is 3.31. The molecule has 19 heavy (non-hydrogen) atoms. The van der Waals surface area contributed by atoms with Gasteiger partial charge in [0.2, 0.25) is 0 Å². The van der Waals surface area contributed by atoms with Crippen LogP contribution in [0.3, 0.4) is 0 Å². The second-order valence-corrected chi connectivity index (χ2v) is 8.05. The summed E-state index contributed by atoms with van der Waals surface area (Å²) >= 11 is 3.49. The van der Waals surface area contributed by atoms with Crippen LogP contribution in [0, 0.1) is 5.92 Å². The van der Waals surface area contributed by atoms with Gasteiger partial charge in [0.05, 0.1) is 5.75 Å². The van der Waals surface area contributed by atoms with Crippen LogP contribution in [0.1, 0.15) is 25.3 Å². The van der Waals surface area contributed by atoms with E-state index in [1.807, 2.05) is 24.3 Å². The van der Waals surface area contributed by atoms with Crippen LogP contribution < -0.4 is 0 Å². The fourth-order valence-electron chi connectivity index (χ4n) is 1.97. The molecule has 0 aliphatic heterocycles. The lowest BCUT2D eigenvalue weighted by molar-refractivity contribution is 0.217. The van der Waals surface area contributed by atoms with Crippen molar-refractivity contribution in [1.29, 1.82) is 0 Å². The molecule has 0 heterocycles. The summed E-state index contributed by atoms with van der Waals surface area (Å²) in [6.07, 6.45) is 2.12. The number of rotatable bonds is 8. The fraction of sp³-hybridized carbons (Fsp3) is 0.571. The van der Waals surface area contributed by atoms with Gasteiger partial charge >= 0.3 is 0 Å². The molecule has 0 aliphatic carbocycles. The lowest BCUT2D eigenvalue weighted by Crippen LogP contribution is -2.14. The molecular weight excluding hydrogens is 328 g/mol. The van der Waals surface area contributed by atoms with Crippen LogP contribution in [0.2, 0.25) is 0 Å². The summed E-state index contributed by atoms with van der Waals surface area (Å²) in [5, 5.41) is 9.40. The van der Waals surface area contributed by atoms with Crippen molar-refractivity contribution in [2.45, 2.75) is 26.2 Å². The quantitative estimate of drug-likeness (QED) is 0.785. The zero-order valence-electron chi connectivity index (χ0n) is 11.2. The third-order valence-corrected chi connectivity index (χ3v) is 5.80. The van der Waals surface area contributed by atoms with Gasteiger partial charge in [-0.15, -0.1) is 0 Å². The van der Waals surface area contributed by atoms with Gasteiger partial charge in [0, 0.05) is 16.8 Å². The molecule has 0 aromatic heterocycles. The Balaban J connectivity index is 2.49. The maximum absolute atomic E-state index is 11.4. The second-order valence-electron chi connectivity index (χ2n) is 4.72. The number of aliphatic hydroxyl groups is 1. The van der Waals surface area contributed by atoms with E-state index in [0.717, 1.165) is 22.9 Å². The number of halogens is 1. The van der Waals surface area contributed by atoms with Gasteiger partial charge in [0.25, 0.3) is 0 Å². The van der Waals surface area contributed by atoms with Crippen LogP contribution >= 0.6 is 15.9 Å². The minimum absolute atomic E-state index is 0.0908. The smallest absolute Gasteiger partial charge is 0.150 e. The van der Waals surface area contributed by atoms with Gasteiger partial charge in [-0.1, -0.05) is 41.1 Å². The molecule has 0 aliphatic rings. The van der Waals surface area contributed by atoms with Crippen LogP contribution in [0.15, 0.2) is 28.7 Å². The van der Waals surface area contributed by atoms with Crippen LogP contribution in [0.4, 0.5) is 0 Å². The molecule has 5 heteroatoms. The molecule has 108 valence electrons. The van der Waals surface area contributed by atoms with E-state index in [9.17, 15) is 13.5 Å². The average molecular weight is 349 g/mol. The number of hydrogen-bond donors (Lipinski definition) is 1. The molecule has 0 bridgehead atoms. The first-order chi connectivity index (χ1) is 8.98. The van der Waals surface area contributed by atoms with Gasteiger partial charge in [-0.05, 0) is 36.8 Å². The van der Waals surface area contributed by atoms with Crippen LogP contribution in [0.5, 0.6) is 0 Å². The third-order valence-electron chi connectivity index (χ3n) is 3.23. The zero-order valence-corrected chi connectivity index (χ0v) is 13.6. The molecule has 0 saturated heterocycles. The van der Waals surface area contributed by atoms with Crippen molar-refractivity contribution in [1.82, 2.24) is 0 Å². The van der Waals surface area contributed by atoms with Gasteiger partial charge in [-0.3, -0.25) is 0 Å². The maximum Gasteiger partial charge on any atom is 0.150 e. The third kappa shape index (κ3) is 6.06. The molecule has 0 fully saturated rings. The Bertz CT molecular complexity index is 485. The van der Waals surface area contributed by atoms with E-state index in [1.54, 1.807) is 6.92 Å². The van der Waals surface area contributed by atoms with E-state index in [0.29, 0.717) is 6.42 Å². The Morgan fingerprint density at radius 2 is 2.00 bits per heavy atom. The molecule has 0 spiro atoms. The second kappa shape index (κ2) is 8.02. The van der Waals surface area contributed by atoms with Gasteiger partial charge < -0.3 is 5.11 Å². The molecule has 1 aromatic rings. The number of sulfone groups is 1. The van der Waals surface area contributed by atoms with Crippen molar-refractivity contribution < 1.29 is 13.5 Å². The largest absolute Gasteiger partial charge is 0.396 e. The summed E-state index contributed by atoms with van der Waals surface area (Å²) in [7, 11) is -2.90. The maximum atomic E-state index is 11.4. The van der Waals surface area contributed by atoms with E-state index in [-0.39, 0.29) is 24.0 Å². The first-order valence-electron chi connectivity index (χ1n) is 6.53. The molecule has 1 rings (SSSR count). The topological polar surface area (TPSA) is 54.4 Å². The van der Waals surface area contributed by atoms with Crippen molar-refractivity contribution >= 4 is 25.8 Å². The van der Waals surface area contributed by atoms with E-state index >= 15 is 0 Å². The minimum atomic E-state index is -2.90. The molecule has 1 N–H and O–H groups in total. The summed E-state index contributed by atoms with van der Waals surface area (Å²) in [5.41, 5.74) is 1.15. The monoisotopic (exact) mass is 348 g/mol. The standard InChI is InChI=1S/C14H21BrO3S/c1-2-19(17,18)9-5-6-12(11-16)10-13-7-3-4-8-14(13)15/h3-4,7-8,12,16H,2,5-6,9-11H2,1H3. The Kier molecular flexibility index (Phi) is 7.04. The van der Waals surface area contributed by atoms with Gasteiger partial charge in [0.15, 0.2) is 0 Å². The molecular formula is C14H21BrO3S. The number of hydrogen-bond acceptors (Lipinski definition) is 3. The Morgan fingerprint density at radius 3 is 2.58 bits per heavy atom. The highest BCUT2D eigenvalue weighted by Gasteiger charge is 2.13. The molecule has 0 amide bonds. The molecule has 1 atom stereocenters. The highest BCUT2D eigenvalue weighted by atomic mass is 79.9. The average Bonchev–Trinajstić information content (AvgIpc) is 2.39. The number of aliphatic hydroxyl groups excluding tert-OH is 1. The van der Waals surface area contributed by atoms with Crippen molar-refractivity contribution in [3.05, 3.63) is 34.3 Å². The summed E-state index contributed by atoms with van der Waals surface area (Å²) in [6, 6.07) is 7.92. The van der Waals surface area contributed by atoms with Crippen molar-refractivity contribution in [2.75, 3.05) is 18.1 Å². The Hall–Kier alpha value is -0.390. The lowest BCUT2D eigenvalue weighted by atomic mass is 9.96. The molecule has 0 radical (unpaired) electrons. The molecule has 1 aromatic carbocycles. The first kappa shape index (κ1) is 16.7. The Labute approximate surface area is 124 Å². The van der Waals surface area contributed by atoms with E-state index < -0.39 is 9.84 Å². The predicted octanol–water partition coefficient (Wildman–Crippen LogP) is 2.82. The van der Waals surface area contributed by atoms with E-state index in [2.05, 4.69) is 15.9 Å². The predicted molar refractivity (Wildman–Crippen MR) is 82.0 cm³/mol. The highest BCUT2D eigenvalue weighted by Crippen LogP contribution is 2.21. The van der Waals surface area contributed by atoms with E-state index in [1.165, 1.54) is 0 Å². The lowest BCUT2D eigenvalue weighted by Gasteiger charge is -2.15. The zero-order chi connectivity index (χ0) is 14.3. The highest BCUT2D eigenvalue weighted by molar-refractivity contribution is 9.10. The van der Waals surface area contributed by atoms with Crippen LogP contribution in [-0.4, -0.2) is 31.6 Å². The minimum Gasteiger partial charge on any atom is -0.396 e. The summed E-state index contributed by atoms with van der Waals surface area (Å²) in [4.78, 5) is 0. The van der Waals surface area contributed by atoms with Crippen molar-refractivity contribution in [3.8, 4) is 0 Å². The molecule has 1 unspecified atom stereocenters. The van der Waals surface area contributed by atoms with Crippen LogP contribution in [-0.2, 0) is 16.3 Å². The van der Waals surface area contributed by atoms with E-state index in [4.69, 9.17) is 0 Å². The molecule has 3 nitrogen and oxygen atoms in total. The Morgan fingerprint density at radius 1 is 1.32 bits per heavy atom. The molecule has 0 saturated carbocycles. The summed E-state index contributed by atoms with van der Waals surface area (Å²) in [5.74, 6) is 0.530. The van der Waals surface area contributed by atoms with Gasteiger partial charge in [-0.2, -0.15) is 0 Å². The first-order valence-corrected chi connectivity index (χ1v) is 9.14. The van der Waals surface area contributed by atoms with Crippen molar-refractivity contribution in [3.63, 3.8) is 0 Å².